The van der Waals surface area contributed by atoms with Crippen molar-refractivity contribution in [2.75, 3.05) is 7.11 Å². The van der Waals surface area contributed by atoms with Gasteiger partial charge in [-0.25, -0.2) is 4.39 Å². The van der Waals surface area contributed by atoms with Gasteiger partial charge in [0.2, 0.25) is 0 Å². The van der Waals surface area contributed by atoms with Crippen LogP contribution in [0.2, 0.25) is 0 Å². The fraction of sp³-hybridized carbons (Fsp3) is 0.0714. The van der Waals surface area contributed by atoms with Crippen LogP contribution in [0.1, 0.15) is 15.9 Å². The zero-order valence-corrected chi connectivity index (χ0v) is 15.5. The lowest BCUT2D eigenvalue weighted by atomic mass is 10.0. The molecular formula is C14H8Br2FIO2. The number of ether oxygens (including phenoxy) is 1. The Hall–Kier alpha value is -0.470. The van der Waals surface area contributed by atoms with Crippen LogP contribution in [0.15, 0.2) is 39.3 Å². The lowest BCUT2D eigenvalue weighted by Crippen LogP contribution is -2.06. The molecule has 2 rings (SSSR count). The molecule has 0 atom stereocenters. The quantitative estimate of drug-likeness (QED) is 0.417. The third-order valence-electron chi connectivity index (χ3n) is 2.66. The largest absolute Gasteiger partial charge is 0.496 e. The lowest BCUT2D eigenvalue weighted by molar-refractivity contribution is 0.103. The summed E-state index contributed by atoms with van der Waals surface area (Å²) in [6.45, 7) is 0. The topological polar surface area (TPSA) is 26.3 Å². The van der Waals surface area contributed by atoms with Gasteiger partial charge in [0, 0.05) is 19.7 Å². The molecule has 104 valence electrons. The Kier molecular flexibility index (Phi) is 5.19. The van der Waals surface area contributed by atoms with E-state index in [0.717, 1.165) is 3.57 Å². The highest BCUT2D eigenvalue weighted by Crippen LogP contribution is 2.30. The van der Waals surface area contributed by atoms with Crippen LogP contribution in [0.5, 0.6) is 5.75 Å². The molecule has 0 bridgehead atoms. The Balaban J connectivity index is 2.58. The van der Waals surface area contributed by atoms with Gasteiger partial charge in [0.25, 0.3) is 0 Å². The van der Waals surface area contributed by atoms with E-state index in [4.69, 9.17) is 4.74 Å². The van der Waals surface area contributed by atoms with E-state index in [0.29, 0.717) is 15.6 Å². The van der Waals surface area contributed by atoms with Crippen LogP contribution in [-0.4, -0.2) is 12.9 Å². The molecule has 0 radical (unpaired) electrons. The van der Waals surface area contributed by atoms with Crippen molar-refractivity contribution in [1.29, 1.82) is 0 Å². The molecule has 0 N–H and O–H groups in total. The van der Waals surface area contributed by atoms with Crippen LogP contribution in [-0.2, 0) is 0 Å². The second kappa shape index (κ2) is 6.53. The van der Waals surface area contributed by atoms with Crippen LogP contribution in [0.25, 0.3) is 0 Å². The number of methoxy groups -OCH3 is 1. The third-order valence-corrected chi connectivity index (χ3v) is 4.63. The van der Waals surface area contributed by atoms with Crippen LogP contribution in [0, 0.1) is 9.39 Å². The molecule has 0 saturated carbocycles. The van der Waals surface area contributed by atoms with Crippen LogP contribution in [0.3, 0.4) is 0 Å². The minimum atomic E-state index is -0.472. The highest BCUT2D eigenvalue weighted by Gasteiger charge is 2.19. The first-order valence-corrected chi connectivity index (χ1v) is 8.13. The van der Waals surface area contributed by atoms with Crippen LogP contribution >= 0.6 is 54.5 Å². The minimum absolute atomic E-state index is 0.210. The first-order chi connectivity index (χ1) is 9.43. The van der Waals surface area contributed by atoms with E-state index in [9.17, 15) is 9.18 Å². The normalized spacial score (nSPS) is 10.4. The molecule has 0 aliphatic carbocycles. The summed E-state index contributed by atoms with van der Waals surface area (Å²) in [4.78, 5) is 12.6. The Labute approximate surface area is 146 Å². The van der Waals surface area contributed by atoms with Crippen molar-refractivity contribution in [3.63, 3.8) is 0 Å². The maximum atomic E-state index is 13.5. The van der Waals surface area contributed by atoms with Crippen molar-refractivity contribution in [3.05, 3.63) is 59.8 Å². The summed E-state index contributed by atoms with van der Waals surface area (Å²) in [5.74, 6) is -0.491. The lowest BCUT2D eigenvalue weighted by Gasteiger charge is -2.10. The number of hydrogen-bond donors (Lipinski definition) is 0. The van der Waals surface area contributed by atoms with E-state index in [-0.39, 0.29) is 16.0 Å². The molecular weight excluding hydrogens is 506 g/mol. The zero-order chi connectivity index (χ0) is 14.9. The predicted molar refractivity (Wildman–Crippen MR) is 90.9 cm³/mol. The fourth-order valence-electron chi connectivity index (χ4n) is 1.69. The second-order valence-corrected chi connectivity index (χ2v) is 6.87. The molecule has 0 aliphatic heterocycles. The van der Waals surface area contributed by atoms with Gasteiger partial charge in [-0.05, 0) is 62.8 Å². The van der Waals surface area contributed by atoms with E-state index in [1.807, 2.05) is 6.07 Å². The molecule has 0 heterocycles. The minimum Gasteiger partial charge on any atom is -0.496 e. The smallest absolute Gasteiger partial charge is 0.197 e. The molecule has 0 unspecified atom stereocenters. The van der Waals surface area contributed by atoms with Crippen molar-refractivity contribution in [2.45, 2.75) is 0 Å². The predicted octanol–water partition coefficient (Wildman–Crippen LogP) is 5.19. The van der Waals surface area contributed by atoms with Gasteiger partial charge in [0.15, 0.2) is 5.78 Å². The first-order valence-electron chi connectivity index (χ1n) is 5.47. The zero-order valence-electron chi connectivity index (χ0n) is 10.2. The highest BCUT2D eigenvalue weighted by molar-refractivity contribution is 14.1. The van der Waals surface area contributed by atoms with Crippen molar-refractivity contribution >= 4 is 60.2 Å². The molecule has 0 saturated heterocycles. The number of rotatable bonds is 3. The second-order valence-electron chi connectivity index (χ2n) is 3.92. The molecule has 0 fully saturated rings. The van der Waals surface area contributed by atoms with Gasteiger partial charge >= 0.3 is 0 Å². The average molecular weight is 514 g/mol. The number of carbonyl (C=O) groups excluding carboxylic acids is 1. The molecule has 2 nitrogen and oxygen atoms in total. The summed E-state index contributed by atoms with van der Waals surface area (Å²) >= 11 is 8.58. The maximum absolute atomic E-state index is 13.5. The monoisotopic (exact) mass is 512 g/mol. The van der Waals surface area contributed by atoms with E-state index in [1.165, 1.54) is 19.2 Å². The van der Waals surface area contributed by atoms with Crippen molar-refractivity contribution in [2.24, 2.45) is 0 Å². The number of halogens is 4. The van der Waals surface area contributed by atoms with Gasteiger partial charge in [-0.1, -0.05) is 15.9 Å². The van der Waals surface area contributed by atoms with Crippen molar-refractivity contribution in [3.8, 4) is 5.75 Å². The summed E-state index contributed by atoms with van der Waals surface area (Å²) < 4.78 is 20.5. The molecule has 2 aromatic carbocycles. The summed E-state index contributed by atoms with van der Waals surface area (Å²) in [6, 6.07) is 8.09. The number of benzene rings is 2. The molecule has 0 amide bonds. The Morgan fingerprint density at radius 3 is 2.50 bits per heavy atom. The third kappa shape index (κ3) is 3.23. The molecule has 0 aliphatic rings. The maximum Gasteiger partial charge on any atom is 0.197 e. The van der Waals surface area contributed by atoms with Gasteiger partial charge in [0.05, 0.1) is 17.1 Å². The van der Waals surface area contributed by atoms with Gasteiger partial charge in [-0.15, -0.1) is 0 Å². The summed E-state index contributed by atoms with van der Waals surface area (Å²) in [5.41, 5.74) is 0.817. The number of hydrogen-bond acceptors (Lipinski definition) is 2. The van der Waals surface area contributed by atoms with Gasteiger partial charge in [-0.3, -0.25) is 4.79 Å². The van der Waals surface area contributed by atoms with Crippen molar-refractivity contribution in [1.82, 2.24) is 0 Å². The van der Waals surface area contributed by atoms with Gasteiger partial charge < -0.3 is 4.74 Å². The Morgan fingerprint density at radius 2 is 1.85 bits per heavy atom. The van der Waals surface area contributed by atoms with Gasteiger partial charge in [0.1, 0.15) is 11.6 Å². The van der Waals surface area contributed by atoms with Gasteiger partial charge in [-0.2, -0.15) is 0 Å². The number of carbonyl (C=O) groups is 1. The molecule has 6 heteroatoms. The first kappa shape index (κ1) is 15.9. The van der Waals surface area contributed by atoms with Crippen LogP contribution in [0.4, 0.5) is 4.39 Å². The average Bonchev–Trinajstić information content (AvgIpc) is 2.43. The van der Waals surface area contributed by atoms with E-state index < -0.39 is 5.82 Å². The highest BCUT2D eigenvalue weighted by atomic mass is 127. The SMILES string of the molecule is COc1cc(F)c(Br)cc1C(=O)c1cc(I)ccc1Br. The molecule has 0 spiro atoms. The molecule has 20 heavy (non-hydrogen) atoms. The Bertz CT molecular complexity index is 689. The van der Waals surface area contributed by atoms with E-state index in [2.05, 4.69) is 54.5 Å². The molecule has 0 aromatic heterocycles. The Morgan fingerprint density at radius 1 is 1.15 bits per heavy atom. The molecule has 2 aromatic rings. The number of ketones is 1. The van der Waals surface area contributed by atoms with E-state index in [1.54, 1.807) is 12.1 Å². The summed E-state index contributed by atoms with van der Waals surface area (Å²) in [7, 11) is 1.41. The summed E-state index contributed by atoms with van der Waals surface area (Å²) in [6.07, 6.45) is 0. The standard InChI is InChI=1S/C14H8Br2FIO2/c1-20-13-6-12(17)11(16)5-9(13)14(19)8-4-7(18)2-3-10(8)15/h2-6H,1H3. The summed E-state index contributed by atoms with van der Waals surface area (Å²) in [5, 5.41) is 0. The van der Waals surface area contributed by atoms with Crippen LogP contribution < -0.4 is 4.74 Å². The van der Waals surface area contributed by atoms with Crippen molar-refractivity contribution < 1.29 is 13.9 Å². The fourth-order valence-corrected chi connectivity index (χ4v) is 2.95. The van der Waals surface area contributed by atoms with E-state index >= 15 is 0 Å².